The lowest BCUT2D eigenvalue weighted by Gasteiger charge is -2.11. The maximum absolute atomic E-state index is 12.6. The van der Waals surface area contributed by atoms with Crippen molar-refractivity contribution < 1.29 is 32.6 Å². The van der Waals surface area contributed by atoms with Gasteiger partial charge in [0, 0.05) is 11.4 Å². The Balaban J connectivity index is 1.88. The van der Waals surface area contributed by atoms with Crippen molar-refractivity contribution in [2.24, 2.45) is 0 Å². The predicted molar refractivity (Wildman–Crippen MR) is 100.0 cm³/mol. The number of ether oxygens (including phenoxy) is 3. The molecule has 2 aromatic carbocycles. The first kappa shape index (κ1) is 21.5. The summed E-state index contributed by atoms with van der Waals surface area (Å²) in [5, 5.41) is 2.60. The number of thioether (sulfide) groups is 1. The van der Waals surface area contributed by atoms with Gasteiger partial charge < -0.3 is 19.5 Å². The summed E-state index contributed by atoms with van der Waals surface area (Å²) in [5.74, 6) is -2.95. The number of hydrogen-bond donors (Lipinski definition) is 1. The number of benzene rings is 2. The number of carbonyl (C=O) groups is 2. The van der Waals surface area contributed by atoms with E-state index in [9.17, 15) is 18.4 Å². The van der Waals surface area contributed by atoms with Crippen LogP contribution in [0.5, 0.6) is 11.5 Å². The highest BCUT2D eigenvalue weighted by atomic mass is 32.2. The second-order valence-electron chi connectivity index (χ2n) is 5.42. The minimum absolute atomic E-state index is 0.0134. The van der Waals surface area contributed by atoms with E-state index in [-0.39, 0.29) is 28.8 Å². The minimum atomic E-state index is -2.67. The molecule has 0 spiro atoms. The molecule has 0 atom stereocenters. The molecule has 0 aliphatic rings. The summed E-state index contributed by atoms with van der Waals surface area (Å²) in [6.45, 7) is -0.339. The fourth-order valence-electron chi connectivity index (χ4n) is 2.29. The Hall–Kier alpha value is -2.81. The van der Waals surface area contributed by atoms with Crippen LogP contribution in [0.25, 0.3) is 0 Å². The molecule has 150 valence electrons. The SMILES string of the molecule is COc1ccc(CNC(=O)COC(=O)c2ccccc2SC(F)F)cc1OC. The van der Waals surface area contributed by atoms with Crippen molar-refractivity contribution in [3.8, 4) is 11.5 Å². The van der Waals surface area contributed by atoms with Gasteiger partial charge in [0.25, 0.3) is 11.7 Å². The van der Waals surface area contributed by atoms with Gasteiger partial charge in [-0.1, -0.05) is 30.0 Å². The van der Waals surface area contributed by atoms with Crippen LogP contribution in [0.1, 0.15) is 15.9 Å². The number of methoxy groups -OCH3 is 2. The van der Waals surface area contributed by atoms with Crippen molar-refractivity contribution in [2.45, 2.75) is 17.2 Å². The Kier molecular flexibility index (Phi) is 8.06. The van der Waals surface area contributed by atoms with E-state index in [0.29, 0.717) is 11.5 Å². The molecule has 2 aromatic rings. The van der Waals surface area contributed by atoms with Crippen molar-refractivity contribution >= 4 is 23.6 Å². The van der Waals surface area contributed by atoms with E-state index in [1.54, 1.807) is 18.2 Å². The predicted octanol–water partition coefficient (Wildman–Crippen LogP) is 3.49. The molecule has 0 aliphatic carbocycles. The molecule has 1 amide bonds. The summed E-state index contributed by atoms with van der Waals surface area (Å²) in [6, 6.07) is 11.0. The number of esters is 1. The van der Waals surface area contributed by atoms with E-state index in [2.05, 4.69) is 5.32 Å². The molecule has 0 fully saturated rings. The molecule has 0 saturated heterocycles. The highest BCUT2D eigenvalue weighted by Crippen LogP contribution is 2.29. The van der Waals surface area contributed by atoms with Crippen LogP contribution in [-0.4, -0.2) is 38.5 Å². The van der Waals surface area contributed by atoms with Crippen molar-refractivity contribution in [3.05, 3.63) is 53.6 Å². The van der Waals surface area contributed by atoms with Gasteiger partial charge >= 0.3 is 5.97 Å². The van der Waals surface area contributed by atoms with E-state index >= 15 is 0 Å². The number of halogens is 2. The number of hydrogen-bond acceptors (Lipinski definition) is 6. The molecular formula is C19H19F2NO5S. The summed E-state index contributed by atoms with van der Waals surface area (Å²) in [4.78, 5) is 24.1. The fraction of sp³-hybridized carbons (Fsp3) is 0.263. The van der Waals surface area contributed by atoms with E-state index < -0.39 is 24.2 Å². The molecule has 0 saturated carbocycles. The van der Waals surface area contributed by atoms with Crippen LogP contribution in [-0.2, 0) is 16.1 Å². The van der Waals surface area contributed by atoms with Crippen LogP contribution < -0.4 is 14.8 Å². The third-order valence-corrected chi connectivity index (χ3v) is 4.38. The summed E-state index contributed by atoms with van der Waals surface area (Å²) in [6.07, 6.45) is 0. The first-order chi connectivity index (χ1) is 13.4. The summed E-state index contributed by atoms with van der Waals surface area (Å²) in [7, 11) is 3.02. The summed E-state index contributed by atoms with van der Waals surface area (Å²) >= 11 is 0.245. The largest absolute Gasteiger partial charge is 0.493 e. The third kappa shape index (κ3) is 6.12. The topological polar surface area (TPSA) is 73.9 Å². The van der Waals surface area contributed by atoms with E-state index in [1.807, 2.05) is 0 Å². The first-order valence-electron chi connectivity index (χ1n) is 8.13. The number of alkyl halides is 2. The van der Waals surface area contributed by atoms with E-state index in [4.69, 9.17) is 14.2 Å². The maximum Gasteiger partial charge on any atom is 0.339 e. The monoisotopic (exact) mass is 411 g/mol. The van der Waals surface area contributed by atoms with Gasteiger partial charge in [0.15, 0.2) is 18.1 Å². The van der Waals surface area contributed by atoms with Gasteiger partial charge in [0.05, 0.1) is 19.8 Å². The lowest BCUT2D eigenvalue weighted by molar-refractivity contribution is -0.124. The molecule has 0 unspecified atom stereocenters. The van der Waals surface area contributed by atoms with Crippen molar-refractivity contribution in [1.29, 1.82) is 0 Å². The molecule has 2 rings (SSSR count). The molecule has 28 heavy (non-hydrogen) atoms. The van der Waals surface area contributed by atoms with Gasteiger partial charge in [-0.15, -0.1) is 0 Å². The zero-order chi connectivity index (χ0) is 20.5. The Morgan fingerprint density at radius 2 is 1.79 bits per heavy atom. The van der Waals surface area contributed by atoms with Gasteiger partial charge in [-0.3, -0.25) is 4.79 Å². The smallest absolute Gasteiger partial charge is 0.339 e. The van der Waals surface area contributed by atoms with Gasteiger partial charge in [0.1, 0.15) is 0 Å². The number of amides is 1. The van der Waals surface area contributed by atoms with Crippen LogP contribution >= 0.6 is 11.8 Å². The van der Waals surface area contributed by atoms with Crippen molar-refractivity contribution in [3.63, 3.8) is 0 Å². The number of rotatable bonds is 9. The van der Waals surface area contributed by atoms with Gasteiger partial charge in [-0.05, 0) is 29.8 Å². The zero-order valence-electron chi connectivity index (χ0n) is 15.2. The lowest BCUT2D eigenvalue weighted by atomic mass is 10.2. The Morgan fingerprint density at radius 3 is 2.46 bits per heavy atom. The average molecular weight is 411 g/mol. The molecule has 0 aliphatic heterocycles. The second kappa shape index (κ2) is 10.5. The molecule has 1 N–H and O–H groups in total. The molecule has 0 heterocycles. The molecular weight excluding hydrogens is 392 g/mol. The van der Waals surface area contributed by atoms with Gasteiger partial charge in [-0.2, -0.15) is 8.78 Å². The highest BCUT2D eigenvalue weighted by molar-refractivity contribution is 7.99. The van der Waals surface area contributed by atoms with Crippen LogP contribution in [0.4, 0.5) is 8.78 Å². The molecule has 6 nitrogen and oxygen atoms in total. The molecule has 9 heteroatoms. The van der Waals surface area contributed by atoms with Crippen LogP contribution in [0.3, 0.4) is 0 Å². The van der Waals surface area contributed by atoms with Crippen molar-refractivity contribution in [2.75, 3.05) is 20.8 Å². The maximum atomic E-state index is 12.6. The Morgan fingerprint density at radius 1 is 1.07 bits per heavy atom. The van der Waals surface area contributed by atoms with E-state index in [0.717, 1.165) is 5.56 Å². The molecule has 0 bridgehead atoms. The molecule has 0 radical (unpaired) electrons. The first-order valence-corrected chi connectivity index (χ1v) is 9.01. The summed E-state index contributed by atoms with van der Waals surface area (Å²) in [5.41, 5.74) is 0.747. The summed E-state index contributed by atoms with van der Waals surface area (Å²) < 4.78 is 40.4. The fourth-order valence-corrected chi connectivity index (χ4v) is 2.91. The normalized spacial score (nSPS) is 10.5. The Bertz CT molecular complexity index is 832. The molecule has 0 aromatic heterocycles. The zero-order valence-corrected chi connectivity index (χ0v) is 16.1. The van der Waals surface area contributed by atoms with Crippen LogP contribution in [0, 0.1) is 0 Å². The quantitative estimate of drug-likeness (QED) is 0.503. The minimum Gasteiger partial charge on any atom is -0.493 e. The van der Waals surface area contributed by atoms with E-state index in [1.165, 1.54) is 38.5 Å². The highest BCUT2D eigenvalue weighted by Gasteiger charge is 2.17. The lowest BCUT2D eigenvalue weighted by Crippen LogP contribution is -2.28. The van der Waals surface area contributed by atoms with Gasteiger partial charge in [0.2, 0.25) is 0 Å². The van der Waals surface area contributed by atoms with Crippen LogP contribution in [0.15, 0.2) is 47.4 Å². The van der Waals surface area contributed by atoms with Crippen LogP contribution in [0.2, 0.25) is 0 Å². The third-order valence-electron chi connectivity index (χ3n) is 3.60. The average Bonchev–Trinajstić information content (AvgIpc) is 2.70. The number of nitrogens with one attached hydrogen (secondary N) is 1. The van der Waals surface area contributed by atoms with Gasteiger partial charge in [-0.25, -0.2) is 4.79 Å². The van der Waals surface area contributed by atoms with Crippen molar-refractivity contribution in [1.82, 2.24) is 5.32 Å². The number of carbonyl (C=O) groups excluding carboxylic acids is 2. The standard InChI is InChI=1S/C19H19F2NO5S/c1-25-14-8-7-12(9-15(14)26-2)10-22-17(23)11-27-18(24)13-5-3-4-6-16(13)28-19(20)21/h3-9,19H,10-11H2,1-2H3,(H,22,23). The second-order valence-corrected chi connectivity index (χ2v) is 6.45. The Labute approximate surface area is 165 Å².